The third-order valence-corrected chi connectivity index (χ3v) is 2.39. The Labute approximate surface area is 55.8 Å². The molecule has 0 bridgehead atoms. The lowest BCUT2D eigenvalue weighted by atomic mass is 9.79. The Bertz CT molecular complexity index is 149. The van der Waals surface area contributed by atoms with E-state index < -0.39 is 0 Å². The van der Waals surface area contributed by atoms with Crippen LogP contribution in [-0.2, 0) is 0 Å². The smallest absolute Gasteiger partial charge is 0.0478 e. The fourth-order valence-electron chi connectivity index (χ4n) is 1.48. The Balaban J connectivity index is 1.85. The van der Waals surface area contributed by atoms with E-state index in [-0.39, 0.29) is 0 Å². The van der Waals surface area contributed by atoms with Crippen LogP contribution in [0.4, 0.5) is 0 Å². The monoisotopic (exact) mass is 121 g/mol. The highest BCUT2D eigenvalue weighted by Crippen LogP contribution is 2.31. The molecule has 0 radical (unpaired) electrons. The van der Waals surface area contributed by atoms with E-state index in [0.29, 0.717) is 6.04 Å². The van der Waals surface area contributed by atoms with Gasteiger partial charge in [-0.2, -0.15) is 0 Å². The average Bonchev–Trinajstić information content (AvgIpc) is 2.11. The Hall–Kier alpha value is -0.640. The number of hydrogen-bond acceptors (Lipinski definition) is 1. The Morgan fingerprint density at radius 2 is 2.22 bits per heavy atom. The molecule has 1 N–H and O–H groups in total. The summed E-state index contributed by atoms with van der Waals surface area (Å²) in [5, 5.41) is 3.20. The van der Waals surface area contributed by atoms with Crippen molar-refractivity contribution in [3.8, 4) is 12.0 Å². The summed E-state index contributed by atoms with van der Waals surface area (Å²) in [5.74, 6) is 4.00. The second-order valence-electron chi connectivity index (χ2n) is 2.95. The summed E-state index contributed by atoms with van der Waals surface area (Å²) in [6, 6.07) is 3.61. The highest BCUT2D eigenvalue weighted by molar-refractivity contribution is 5.10. The molecular formula is C8H11N. The number of nitrogens with one attached hydrogen (secondary N) is 1. The predicted molar refractivity (Wildman–Crippen MR) is 36.7 cm³/mol. The zero-order chi connectivity index (χ0) is 6.10. The second kappa shape index (κ2) is 1.95. The van der Waals surface area contributed by atoms with Crippen molar-refractivity contribution in [3.05, 3.63) is 0 Å². The predicted octanol–water partition coefficient (Wildman–Crippen LogP) is 1.11. The summed E-state index contributed by atoms with van der Waals surface area (Å²) in [4.78, 5) is 0. The van der Waals surface area contributed by atoms with Gasteiger partial charge in [-0.25, -0.2) is 0 Å². The molecule has 1 atom stereocenters. The van der Waals surface area contributed by atoms with Crippen LogP contribution in [-0.4, -0.2) is 6.04 Å². The third-order valence-electron chi connectivity index (χ3n) is 2.39. The van der Waals surface area contributed by atoms with E-state index in [1.54, 1.807) is 0 Å². The standard InChI is InChI=1S/C8H11N/c1-3-7(4-1)8-5-2-6-9-8/h7-9H,1,3-5H2. The Kier molecular flexibility index (Phi) is 1.12. The van der Waals surface area contributed by atoms with Crippen molar-refractivity contribution in [2.75, 3.05) is 0 Å². The van der Waals surface area contributed by atoms with E-state index in [1.165, 1.54) is 19.3 Å². The van der Waals surface area contributed by atoms with Gasteiger partial charge in [-0.3, -0.25) is 0 Å². The van der Waals surface area contributed by atoms with Crippen LogP contribution in [0.1, 0.15) is 25.7 Å². The maximum atomic E-state index is 3.20. The molecule has 1 heteroatoms. The summed E-state index contributed by atoms with van der Waals surface area (Å²) in [7, 11) is 0. The van der Waals surface area contributed by atoms with Gasteiger partial charge in [0.15, 0.2) is 0 Å². The zero-order valence-corrected chi connectivity index (χ0v) is 5.48. The van der Waals surface area contributed by atoms with Gasteiger partial charge >= 0.3 is 0 Å². The van der Waals surface area contributed by atoms with Crippen molar-refractivity contribution in [1.82, 2.24) is 5.32 Å². The maximum Gasteiger partial charge on any atom is 0.0478 e. The fourth-order valence-corrected chi connectivity index (χ4v) is 1.48. The van der Waals surface area contributed by atoms with E-state index in [4.69, 9.17) is 0 Å². The first-order valence-corrected chi connectivity index (χ1v) is 3.70. The van der Waals surface area contributed by atoms with E-state index in [0.717, 1.165) is 12.3 Å². The van der Waals surface area contributed by atoms with Crippen LogP contribution in [0, 0.1) is 17.9 Å². The first-order chi connectivity index (χ1) is 4.47. The lowest BCUT2D eigenvalue weighted by Crippen LogP contribution is -2.34. The maximum absolute atomic E-state index is 3.20. The summed E-state index contributed by atoms with van der Waals surface area (Å²) >= 11 is 0. The first-order valence-electron chi connectivity index (χ1n) is 3.70. The minimum atomic E-state index is 0.693. The molecule has 1 saturated carbocycles. The number of rotatable bonds is 1. The van der Waals surface area contributed by atoms with Gasteiger partial charge in [0.05, 0.1) is 0 Å². The van der Waals surface area contributed by atoms with E-state index >= 15 is 0 Å². The SMILES string of the molecule is C1#CNC(C2CCC2)C1. The highest BCUT2D eigenvalue weighted by Gasteiger charge is 2.27. The van der Waals surface area contributed by atoms with Gasteiger partial charge < -0.3 is 5.32 Å². The molecule has 48 valence electrons. The van der Waals surface area contributed by atoms with Crippen molar-refractivity contribution in [2.45, 2.75) is 31.7 Å². The molecule has 0 aromatic rings. The molecule has 0 aromatic heterocycles. The summed E-state index contributed by atoms with van der Waals surface area (Å²) < 4.78 is 0. The molecule has 2 rings (SSSR count). The quantitative estimate of drug-likeness (QED) is 0.512. The lowest BCUT2D eigenvalue weighted by molar-refractivity contribution is 0.251. The average molecular weight is 121 g/mol. The Morgan fingerprint density at radius 1 is 1.33 bits per heavy atom. The van der Waals surface area contributed by atoms with E-state index in [9.17, 15) is 0 Å². The summed E-state index contributed by atoms with van der Waals surface area (Å²) in [6.07, 6.45) is 5.36. The van der Waals surface area contributed by atoms with E-state index in [1.807, 2.05) is 0 Å². The zero-order valence-electron chi connectivity index (χ0n) is 5.48. The van der Waals surface area contributed by atoms with Crippen LogP contribution in [0.3, 0.4) is 0 Å². The molecule has 1 aliphatic carbocycles. The molecule has 1 nitrogen and oxygen atoms in total. The van der Waals surface area contributed by atoms with Crippen molar-refractivity contribution >= 4 is 0 Å². The molecule has 1 aliphatic heterocycles. The Morgan fingerprint density at radius 3 is 2.67 bits per heavy atom. The molecule has 2 aliphatic rings. The molecule has 0 amide bonds. The largest absolute Gasteiger partial charge is 0.342 e. The first kappa shape index (κ1) is 5.17. The van der Waals surface area contributed by atoms with Crippen molar-refractivity contribution in [3.63, 3.8) is 0 Å². The van der Waals surface area contributed by atoms with Crippen LogP contribution in [0.15, 0.2) is 0 Å². The topological polar surface area (TPSA) is 12.0 Å². The molecule has 1 heterocycles. The molecule has 0 spiro atoms. The van der Waals surface area contributed by atoms with Gasteiger partial charge in [0.25, 0.3) is 0 Å². The van der Waals surface area contributed by atoms with Gasteiger partial charge in [-0.15, -0.1) is 0 Å². The van der Waals surface area contributed by atoms with Gasteiger partial charge in [-0.1, -0.05) is 12.3 Å². The van der Waals surface area contributed by atoms with Crippen LogP contribution in [0.5, 0.6) is 0 Å². The minimum Gasteiger partial charge on any atom is -0.342 e. The van der Waals surface area contributed by atoms with Crippen LogP contribution < -0.4 is 5.32 Å². The normalized spacial score (nSPS) is 32.2. The second-order valence-corrected chi connectivity index (χ2v) is 2.95. The summed E-state index contributed by atoms with van der Waals surface area (Å²) in [6.45, 7) is 0. The van der Waals surface area contributed by atoms with Gasteiger partial charge in [0, 0.05) is 18.5 Å². The van der Waals surface area contributed by atoms with Gasteiger partial charge in [0.2, 0.25) is 0 Å². The van der Waals surface area contributed by atoms with Gasteiger partial charge in [-0.05, 0) is 18.8 Å². The molecule has 1 fully saturated rings. The fraction of sp³-hybridized carbons (Fsp3) is 0.750. The molecule has 0 saturated heterocycles. The molecule has 9 heavy (non-hydrogen) atoms. The third kappa shape index (κ3) is 0.790. The minimum absolute atomic E-state index is 0.693. The van der Waals surface area contributed by atoms with Crippen LogP contribution in [0.25, 0.3) is 0 Å². The van der Waals surface area contributed by atoms with Crippen molar-refractivity contribution in [1.29, 1.82) is 0 Å². The molecule has 0 aromatic carbocycles. The lowest BCUT2D eigenvalue weighted by Gasteiger charge is -2.30. The summed E-state index contributed by atoms with van der Waals surface area (Å²) in [5.41, 5.74) is 0. The van der Waals surface area contributed by atoms with Crippen molar-refractivity contribution < 1.29 is 0 Å². The van der Waals surface area contributed by atoms with Crippen LogP contribution in [0.2, 0.25) is 0 Å². The van der Waals surface area contributed by atoms with Crippen molar-refractivity contribution in [2.24, 2.45) is 5.92 Å². The molecular weight excluding hydrogens is 110 g/mol. The van der Waals surface area contributed by atoms with E-state index in [2.05, 4.69) is 17.3 Å². The molecule has 1 unspecified atom stereocenters. The van der Waals surface area contributed by atoms with Crippen LogP contribution >= 0.6 is 0 Å². The van der Waals surface area contributed by atoms with Gasteiger partial charge in [0.1, 0.15) is 0 Å². The highest BCUT2D eigenvalue weighted by atomic mass is 14.9. The number of hydrogen-bond donors (Lipinski definition) is 1.